The third kappa shape index (κ3) is 2.50. The zero-order valence-electron chi connectivity index (χ0n) is 13.8. The van der Waals surface area contributed by atoms with E-state index in [0.717, 1.165) is 43.8 Å². The molecule has 0 unspecified atom stereocenters. The molecule has 0 radical (unpaired) electrons. The van der Waals surface area contributed by atoms with Crippen molar-refractivity contribution in [3.05, 3.63) is 36.4 Å². The van der Waals surface area contributed by atoms with Crippen molar-refractivity contribution in [3.8, 4) is 0 Å². The Morgan fingerprint density at radius 3 is 2.91 bits per heavy atom. The van der Waals surface area contributed by atoms with Crippen LogP contribution in [-0.2, 0) is 0 Å². The molecule has 23 heavy (non-hydrogen) atoms. The SMILES string of the molecule is CN1CCC[C@]2(CO)CCN(c3ccc4ccccc4n3)C[C@@H]12. The zero-order valence-corrected chi connectivity index (χ0v) is 13.8. The first-order valence-electron chi connectivity index (χ1n) is 8.64. The summed E-state index contributed by atoms with van der Waals surface area (Å²) >= 11 is 0. The molecular formula is C19H25N3O. The van der Waals surface area contributed by atoms with E-state index in [1.807, 2.05) is 6.07 Å². The van der Waals surface area contributed by atoms with Crippen LogP contribution in [0.1, 0.15) is 19.3 Å². The second-order valence-corrected chi connectivity index (χ2v) is 7.18. The van der Waals surface area contributed by atoms with Crippen molar-refractivity contribution in [2.24, 2.45) is 5.41 Å². The van der Waals surface area contributed by atoms with Gasteiger partial charge in [0.05, 0.1) is 12.1 Å². The number of anilines is 1. The Balaban J connectivity index is 1.62. The van der Waals surface area contributed by atoms with Gasteiger partial charge < -0.3 is 14.9 Å². The Kier molecular flexibility index (Phi) is 3.74. The number of piperidine rings is 2. The lowest BCUT2D eigenvalue weighted by Gasteiger charge is -2.53. The van der Waals surface area contributed by atoms with E-state index in [0.29, 0.717) is 12.6 Å². The number of para-hydroxylation sites is 1. The van der Waals surface area contributed by atoms with Gasteiger partial charge in [-0.2, -0.15) is 0 Å². The summed E-state index contributed by atoms with van der Waals surface area (Å²) in [6.45, 7) is 3.38. The minimum Gasteiger partial charge on any atom is -0.396 e. The Labute approximate surface area is 137 Å². The van der Waals surface area contributed by atoms with Crippen LogP contribution in [-0.4, -0.2) is 54.3 Å². The van der Waals surface area contributed by atoms with Crippen molar-refractivity contribution in [3.63, 3.8) is 0 Å². The lowest BCUT2D eigenvalue weighted by Crippen LogP contribution is -2.61. The summed E-state index contributed by atoms with van der Waals surface area (Å²) in [5.41, 5.74) is 1.14. The van der Waals surface area contributed by atoms with Gasteiger partial charge in [-0.1, -0.05) is 18.2 Å². The van der Waals surface area contributed by atoms with Crippen molar-refractivity contribution in [1.82, 2.24) is 9.88 Å². The Hall–Kier alpha value is -1.65. The van der Waals surface area contributed by atoms with E-state index in [-0.39, 0.29) is 5.41 Å². The average molecular weight is 311 g/mol. The molecule has 0 aliphatic carbocycles. The van der Waals surface area contributed by atoms with Gasteiger partial charge in [0.1, 0.15) is 5.82 Å². The summed E-state index contributed by atoms with van der Waals surface area (Å²) in [5.74, 6) is 1.06. The summed E-state index contributed by atoms with van der Waals surface area (Å²) in [7, 11) is 2.20. The average Bonchev–Trinajstić information content (AvgIpc) is 2.61. The normalized spacial score (nSPS) is 28.8. The number of hydrogen-bond donors (Lipinski definition) is 1. The molecule has 4 rings (SSSR count). The summed E-state index contributed by atoms with van der Waals surface area (Å²) < 4.78 is 0. The minimum atomic E-state index is 0.0837. The maximum Gasteiger partial charge on any atom is 0.129 e. The second kappa shape index (κ2) is 5.77. The van der Waals surface area contributed by atoms with E-state index in [2.05, 4.69) is 47.2 Å². The Morgan fingerprint density at radius 1 is 1.17 bits per heavy atom. The third-order valence-corrected chi connectivity index (χ3v) is 5.92. The van der Waals surface area contributed by atoms with Gasteiger partial charge >= 0.3 is 0 Å². The number of pyridine rings is 1. The number of fused-ring (bicyclic) bond motifs is 2. The van der Waals surface area contributed by atoms with E-state index in [1.54, 1.807) is 0 Å². The number of aromatic nitrogens is 1. The highest BCUT2D eigenvalue weighted by molar-refractivity contribution is 5.80. The molecule has 1 aromatic heterocycles. The molecule has 2 aliphatic heterocycles. The van der Waals surface area contributed by atoms with Crippen molar-refractivity contribution in [2.75, 3.05) is 38.2 Å². The fourth-order valence-electron chi connectivity index (χ4n) is 4.46. The quantitative estimate of drug-likeness (QED) is 0.925. The fraction of sp³-hybridized carbons (Fsp3) is 0.526. The maximum atomic E-state index is 10.0. The Morgan fingerprint density at radius 2 is 2.04 bits per heavy atom. The van der Waals surface area contributed by atoms with Gasteiger partial charge in [-0.3, -0.25) is 0 Å². The molecule has 2 fully saturated rings. The van der Waals surface area contributed by atoms with Crippen LogP contribution in [0, 0.1) is 5.41 Å². The van der Waals surface area contributed by atoms with Crippen LogP contribution in [0.15, 0.2) is 36.4 Å². The molecule has 2 saturated heterocycles. The van der Waals surface area contributed by atoms with Gasteiger partial charge in [-0.25, -0.2) is 4.98 Å². The van der Waals surface area contributed by atoms with Gasteiger partial charge in [0.15, 0.2) is 0 Å². The molecule has 3 heterocycles. The molecule has 0 amide bonds. The summed E-state index contributed by atoms with van der Waals surface area (Å²) in [5, 5.41) is 11.2. The first-order chi connectivity index (χ1) is 11.2. The summed E-state index contributed by atoms with van der Waals surface area (Å²) in [4.78, 5) is 9.69. The highest BCUT2D eigenvalue weighted by Gasteiger charge is 2.46. The van der Waals surface area contributed by atoms with Crippen LogP contribution >= 0.6 is 0 Å². The number of likely N-dealkylation sites (tertiary alicyclic amines) is 1. The monoisotopic (exact) mass is 311 g/mol. The molecule has 4 nitrogen and oxygen atoms in total. The summed E-state index contributed by atoms with van der Waals surface area (Å²) in [6, 6.07) is 13.0. The molecule has 0 saturated carbocycles. The molecular weight excluding hydrogens is 286 g/mol. The molecule has 0 spiro atoms. The van der Waals surface area contributed by atoms with Crippen molar-refractivity contribution in [2.45, 2.75) is 25.3 Å². The van der Waals surface area contributed by atoms with Crippen molar-refractivity contribution >= 4 is 16.7 Å². The molecule has 2 atom stereocenters. The molecule has 2 aromatic rings. The molecule has 1 aromatic carbocycles. The number of benzene rings is 1. The van der Waals surface area contributed by atoms with Gasteiger partial charge in [0.25, 0.3) is 0 Å². The van der Waals surface area contributed by atoms with Crippen LogP contribution in [0.25, 0.3) is 10.9 Å². The van der Waals surface area contributed by atoms with E-state index >= 15 is 0 Å². The number of likely N-dealkylation sites (N-methyl/N-ethyl adjacent to an activating group) is 1. The fourth-order valence-corrected chi connectivity index (χ4v) is 4.46. The predicted molar refractivity (Wildman–Crippen MR) is 93.7 cm³/mol. The molecule has 4 heteroatoms. The van der Waals surface area contributed by atoms with Crippen LogP contribution in [0.4, 0.5) is 5.82 Å². The molecule has 1 N–H and O–H groups in total. The molecule has 122 valence electrons. The lowest BCUT2D eigenvalue weighted by atomic mass is 9.69. The Bertz CT molecular complexity index is 704. The topological polar surface area (TPSA) is 39.6 Å². The first-order valence-corrected chi connectivity index (χ1v) is 8.64. The highest BCUT2D eigenvalue weighted by Crippen LogP contribution is 2.42. The van der Waals surface area contributed by atoms with Gasteiger partial charge in [0, 0.05) is 29.9 Å². The van der Waals surface area contributed by atoms with E-state index in [1.165, 1.54) is 11.8 Å². The second-order valence-electron chi connectivity index (χ2n) is 7.18. The van der Waals surface area contributed by atoms with Gasteiger partial charge in [-0.05, 0) is 51.1 Å². The molecule has 2 aliphatic rings. The number of aliphatic hydroxyl groups is 1. The standard InChI is InChI=1S/C19H25N3O/c1-21-11-4-9-19(14-23)10-12-22(13-17(19)21)18-8-7-15-5-2-3-6-16(15)20-18/h2-3,5-8,17,23H,4,9-14H2,1H3/t17-,19-/m1/s1. The predicted octanol–water partition coefficient (Wildman–Crippen LogP) is 2.52. The number of nitrogens with zero attached hydrogens (tertiary/aromatic N) is 3. The van der Waals surface area contributed by atoms with Crippen molar-refractivity contribution < 1.29 is 5.11 Å². The third-order valence-electron chi connectivity index (χ3n) is 5.92. The lowest BCUT2D eigenvalue weighted by molar-refractivity contribution is -0.0277. The van der Waals surface area contributed by atoms with Crippen LogP contribution in [0.2, 0.25) is 0 Å². The van der Waals surface area contributed by atoms with Crippen LogP contribution < -0.4 is 4.90 Å². The van der Waals surface area contributed by atoms with E-state index in [4.69, 9.17) is 4.98 Å². The van der Waals surface area contributed by atoms with Crippen LogP contribution in [0.5, 0.6) is 0 Å². The largest absolute Gasteiger partial charge is 0.396 e. The summed E-state index contributed by atoms with van der Waals surface area (Å²) in [6.07, 6.45) is 3.40. The highest BCUT2D eigenvalue weighted by atomic mass is 16.3. The van der Waals surface area contributed by atoms with Gasteiger partial charge in [-0.15, -0.1) is 0 Å². The van der Waals surface area contributed by atoms with E-state index < -0.39 is 0 Å². The van der Waals surface area contributed by atoms with Gasteiger partial charge in [0.2, 0.25) is 0 Å². The van der Waals surface area contributed by atoms with Crippen LogP contribution in [0.3, 0.4) is 0 Å². The number of hydrogen-bond acceptors (Lipinski definition) is 4. The maximum absolute atomic E-state index is 10.0. The zero-order chi connectivity index (χ0) is 15.9. The first kappa shape index (κ1) is 14.9. The molecule has 0 bridgehead atoms. The smallest absolute Gasteiger partial charge is 0.129 e. The van der Waals surface area contributed by atoms with Crippen molar-refractivity contribution in [1.29, 1.82) is 0 Å². The number of rotatable bonds is 2. The minimum absolute atomic E-state index is 0.0837. The number of aliphatic hydroxyl groups excluding tert-OH is 1. The van der Waals surface area contributed by atoms with E-state index in [9.17, 15) is 5.11 Å².